The average molecular weight is 505 g/mol. The van der Waals surface area contributed by atoms with Crippen molar-refractivity contribution in [2.75, 3.05) is 0 Å². The summed E-state index contributed by atoms with van der Waals surface area (Å²) in [5.74, 6) is 1.25. The first kappa shape index (κ1) is 23.7. The van der Waals surface area contributed by atoms with Gasteiger partial charge in [0.15, 0.2) is 5.15 Å². The summed E-state index contributed by atoms with van der Waals surface area (Å²) in [6.45, 7) is 2.55. The number of imidazole rings is 1. The number of unbranched alkanes of at least 4 members (excludes halogenated alkanes) is 1. The van der Waals surface area contributed by atoms with Gasteiger partial charge in [0.05, 0.1) is 18.7 Å². The lowest BCUT2D eigenvalue weighted by Crippen LogP contribution is -2.10. The fraction of sp³-hybridized carbons (Fsp3) is 0.269. The molecule has 0 aliphatic heterocycles. The van der Waals surface area contributed by atoms with Crippen LogP contribution in [0.5, 0.6) is 0 Å². The lowest BCUT2D eigenvalue weighted by atomic mass is 9.98. The van der Waals surface area contributed by atoms with Crippen molar-refractivity contribution < 1.29 is 14.3 Å². The molecule has 36 heavy (non-hydrogen) atoms. The van der Waals surface area contributed by atoms with Gasteiger partial charge < -0.3 is 14.1 Å². The molecule has 2 aromatic carbocycles. The molecule has 0 atom stereocenters. The van der Waals surface area contributed by atoms with Crippen LogP contribution in [0.3, 0.4) is 0 Å². The second-order valence-electron chi connectivity index (χ2n) is 8.60. The van der Waals surface area contributed by atoms with Gasteiger partial charge in [-0.1, -0.05) is 61.3 Å². The number of carboxylic acids is 1. The molecular weight excluding hydrogens is 480 g/mol. The third-order valence-corrected chi connectivity index (χ3v) is 6.44. The molecule has 0 saturated carbocycles. The van der Waals surface area contributed by atoms with Crippen molar-refractivity contribution >= 4 is 28.5 Å². The maximum Gasteiger partial charge on any atom is 0.303 e. The van der Waals surface area contributed by atoms with E-state index < -0.39 is 5.97 Å². The van der Waals surface area contributed by atoms with Gasteiger partial charge in [-0.2, -0.15) is 5.21 Å². The first-order valence-corrected chi connectivity index (χ1v) is 12.2. The van der Waals surface area contributed by atoms with Crippen LogP contribution >= 0.6 is 11.6 Å². The number of halogens is 1. The van der Waals surface area contributed by atoms with E-state index in [2.05, 4.69) is 32.5 Å². The van der Waals surface area contributed by atoms with Gasteiger partial charge in [0, 0.05) is 23.8 Å². The quantitative estimate of drug-likeness (QED) is 0.256. The monoisotopic (exact) mass is 504 g/mol. The maximum absolute atomic E-state index is 11.2. The number of furan rings is 1. The van der Waals surface area contributed by atoms with Crippen LogP contribution < -0.4 is 0 Å². The fourth-order valence-electron chi connectivity index (χ4n) is 4.37. The van der Waals surface area contributed by atoms with Crippen LogP contribution in [0.1, 0.15) is 43.5 Å². The van der Waals surface area contributed by atoms with E-state index in [4.69, 9.17) is 16.0 Å². The number of aromatic nitrogens is 6. The number of rotatable bonds is 10. The van der Waals surface area contributed by atoms with Crippen molar-refractivity contribution in [3.63, 3.8) is 0 Å². The van der Waals surface area contributed by atoms with E-state index in [0.717, 1.165) is 64.2 Å². The normalized spacial score (nSPS) is 11.4. The third kappa shape index (κ3) is 4.87. The van der Waals surface area contributed by atoms with Crippen molar-refractivity contribution in [1.29, 1.82) is 0 Å². The maximum atomic E-state index is 11.2. The smallest absolute Gasteiger partial charge is 0.303 e. The molecule has 0 aliphatic carbocycles. The molecule has 5 rings (SSSR count). The second kappa shape index (κ2) is 10.3. The van der Waals surface area contributed by atoms with Crippen LogP contribution in [0, 0.1) is 0 Å². The van der Waals surface area contributed by atoms with Crippen LogP contribution in [0.25, 0.3) is 33.5 Å². The van der Waals surface area contributed by atoms with E-state index in [1.54, 1.807) is 0 Å². The number of aromatic amines is 1. The minimum Gasteiger partial charge on any atom is -0.481 e. The number of nitrogens with one attached hydrogen (secondary N) is 1. The van der Waals surface area contributed by atoms with Gasteiger partial charge in [-0.05, 0) is 34.9 Å². The summed E-state index contributed by atoms with van der Waals surface area (Å²) in [5, 5.41) is 24.9. The molecule has 10 heteroatoms. The van der Waals surface area contributed by atoms with E-state index >= 15 is 0 Å². The highest BCUT2D eigenvalue weighted by atomic mass is 35.5. The fourth-order valence-corrected chi connectivity index (χ4v) is 4.67. The van der Waals surface area contributed by atoms with Crippen LogP contribution in [0.4, 0.5) is 0 Å². The summed E-state index contributed by atoms with van der Waals surface area (Å²) in [4.78, 5) is 15.7. The van der Waals surface area contributed by atoms with Crippen molar-refractivity contribution in [3.8, 4) is 22.5 Å². The van der Waals surface area contributed by atoms with Crippen molar-refractivity contribution in [1.82, 2.24) is 30.2 Å². The number of fused-ring (bicyclic) bond motifs is 1. The lowest BCUT2D eigenvalue weighted by molar-refractivity contribution is -0.136. The number of aliphatic carboxylic acids is 1. The van der Waals surface area contributed by atoms with Gasteiger partial charge in [-0.3, -0.25) is 4.79 Å². The molecule has 0 aliphatic rings. The number of benzene rings is 2. The predicted octanol–water partition coefficient (Wildman–Crippen LogP) is 5.54. The standard InChI is InChI=1S/C26H25ClN6O3/c1-2-3-8-23-28-25(27)21(11-12-24(34)35)33(23)15-18-13-17-10-9-16(14-22(17)36-18)19-6-4-5-7-20(19)26-29-31-32-30-26/h4-7,9-10,13-14H,2-3,8,11-12,15H2,1H3,(H,34,35)(H,29,30,31,32). The predicted molar refractivity (Wildman–Crippen MR) is 136 cm³/mol. The van der Waals surface area contributed by atoms with Gasteiger partial charge in [0.2, 0.25) is 5.82 Å². The summed E-state index contributed by atoms with van der Waals surface area (Å²) in [6, 6.07) is 15.9. The molecule has 0 saturated heterocycles. The van der Waals surface area contributed by atoms with E-state index in [1.165, 1.54) is 0 Å². The molecule has 0 amide bonds. The van der Waals surface area contributed by atoms with Gasteiger partial charge in [0.25, 0.3) is 0 Å². The van der Waals surface area contributed by atoms with E-state index in [-0.39, 0.29) is 6.42 Å². The Bertz CT molecular complexity index is 1510. The Morgan fingerprint density at radius 3 is 2.72 bits per heavy atom. The molecule has 2 N–H and O–H groups in total. The number of hydrogen-bond acceptors (Lipinski definition) is 6. The molecule has 184 valence electrons. The van der Waals surface area contributed by atoms with Crippen LogP contribution in [-0.2, 0) is 24.2 Å². The SMILES string of the molecule is CCCCc1nc(Cl)c(CCC(=O)O)n1Cc1cc2ccc(-c3ccccc3-c3nn[nH]n3)cc2o1. The number of aryl methyl sites for hydroxylation is 1. The molecule has 0 spiro atoms. The third-order valence-electron chi connectivity index (χ3n) is 6.14. The summed E-state index contributed by atoms with van der Waals surface area (Å²) >= 11 is 6.43. The lowest BCUT2D eigenvalue weighted by Gasteiger charge is -2.10. The van der Waals surface area contributed by atoms with Gasteiger partial charge in [-0.25, -0.2) is 4.98 Å². The minimum absolute atomic E-state index is 0.0120. The van der Waals surface area contributed by atoms with Gasteiger partial charge in [0.1, 0.15) is 17.2 Å². The molecule has 5 aromatic rings. The Hall–Kier alpha value is -3.98. The zero-order valence-electron chi connectivity index (χ0n) is 19.7. The van der Waals surface area contributed by atoms with Crippen LogP contribution in [-0.4, -0.2) is 41.3 Å². The number of carbonyl (C=O) groups is 1. The number of hydrogen-bond donors (Lipinski definition) is 2. The Morgan fingerprint density at radius 2 is 1.97 bits per heavy atom. The number of tetrazole rings is 1. The van der Waals surface area contributed by atoms with E-state index in [9.17, 15) is 9.90 Å². The van der Waals surface area contributed by atoms with Crippen molar-refractivity contribution in [3.05, 3.63) is 71.0 Å². The molecular formula is C26H25ClN6O3. The van der Waals surface area contributed by atoms with E-state index in [0.29, 0.717) is 23.9 Å². The molecule has 3 heterocycles. The first-order chi connectivity index (χ1) is 17.5. The highest BCUT2D eigenvalue weighted by Crippen LogP contribution is 2.33. The van der Waals surface area contributed by atoms with Crippen LogP contribution in [0.15, 0.2) is 52.9 Å². The summed E-state index contributed by atoms with van der Waals surface area (Å²) in [5.41, 5.74) is 4.28. The summed E-state index contributed by atoms with van der Waals surface area (Å²) < 4.78 is 8.26. The Morgan fingerprint density at radius 1 is 1.14 bits per heavy atom. The van der Waals surface area contributed by atoms with Gasteiger partial charge >= 0.3 is 5.97 Å². The number of nitrogens with zero attached hydrogens (tertiary/aromatic N) is 5. The zero-order valence-corrected chi connectivity index (χ0v) is 20.5. The highest BCUT2D eigenvalue weighted by molar-refractivity contribution is 6.30. The number of carboxylic acid groups (broad SMARTS) is 1. The first-order valence-electron chi connectivity index (χ1n) is 11.8. The van der Waals surface area contributed by atoms with Crippen molar-refractivity contribution in [2.45, 2.75) is 45.6 Å². The molecule has 0 fully saturated rings. The Balaban J connectivity index is 1.49. The summed E-state index contributed by atoms with van der Waals surface area (Å²) in [7, 11) is 0. The topological polar surface area (TPSA) is 123 Å². The Labute approximate surface area is 212 Å². The van der Waals surface area contributed by atoms with Crippen LogP contribution in [0.2, 0.25) is 5.15 Å². The highest BCUT2D eigenvalue weighted by Gasteiger charge is 2.19. The Kier molecular flexibility index (Phi) is 6.81. The van der Waals surface area contributed by atoms with Crippen molar-refractivity contribution in [2.24, 2.45) is 0 Å². The summed E-state index contributed by atoms with van der Waals surface area (Å²) in [6.07, 6.45) is 3.05. The molecule has 3 aromatic heterocycles. The molecule has 9 nitrogen and oxygen atoms in total. The largest absolute Gasteiger partial charge is 0.481 e. The molecule has 0 unspecified atom stereocenters. The minimum atomic E-state index is -0.869. The molecule has 0 bridgehead atoms. The average Bonchev–Trinajstić information content (AvgIpc) is 3.61. The van der Waals surface area contributed by atoms with Gasteiger partial charge in [-0.15, -0.1) is 10.2 Å². The molecule has 0 radical (unpaired) electrons. The number of H-pyrrole nitrogens is 1. The van der Waals surface area contributed by atoms with E-state index in [1.807, 2.05) is 53.1 Å². The zero-order chi connectivity index (χ0) is 25.1. The second-order valence-corrected chi connectivity index (χ2v) is 8.95.